The topological polar surface area (TPSA) is 38.7 Å². The van der Waals surface area contributed by atoms with Gasteiger partial charge in [-0.3, -0.25) is 0 Å². The van der Waals surface area contributed by atoms with Crippen molar-refractivity contribution in [3.05, 3.63) is 0 Å². The van der Waals surface area contributed by atoms with E-state index in [0.29, 0.717) is 5.92 Å². The third-order valence-electron chi connectivity index (χ3n) is 5.16. The Morgan fingerprint density at radius 1 is 1.20 bits per heavy atom. The number of nitrogens with zero attached hydrogens (tertiary/aromatic N) is 2. The molecule has 1 atom stereocenters. The van der Waals surface area contributed by atoms with Gasteiger partial charge in [0.05, 0.1) is 12.1 Å². The molecule has 1 unspecified atom stereocenters. The number of piperidine rings is 1. The molecular weight excluding hydrogens is 250 g/mol. The van der Waals surface area contributed by atoms with Gasteiger partial charge in [-0.25, -0.2) is 0 Å². The van der Waals surface area contributed by atoms with Gasteiger partial charge in [-0.1, -0.05) is 6.92 Å². The Hall–Kier alpha value is -0.160. The Labute approximate surface area is 124 Å². The van der Waals surface area contributed by atoms with E-state index in [1.807, 2.05) is 0 Å². The molecule has 0 bridgehead atoms. The zero-order valence-electron chi connectivity index (χ0n) is 13.6. The number of rotatable bonds is 8. The number of hydrogen-bond acceptors (Lipinski definition) is 4. The predicted molar refractivity (Wildman–Crippen MR) is 84.0 cm³/mol. The van der Waals surface area contributed by atoms with E-state index < -0.39 is 0 Å². The van der Waals surface area contributed by atoms with E-state index in [4.69, 9.17) is 0 Å². The molecule has 1 aliphatic carbocycles. The number of hydrogen-bond donors (Lipinski definition) is 2. The lowest BCUT2D eigenvalue weighted by Crippen LogP contribution is -2.59. The summed E-state index contributed by atoms with van der Waals surface area (Å²) in [6.07, 6.45) is 6.22. The summed E-state index contributed by atoms with van der Waals surface area (Å²) in [4.78, 5) is 4.92. The molecule has 0 aromatic rings. The van der Waals surface area contributed by atoms with Crippen LogP contribution in [0, 0.1) is 5.92 Å². The molecule has 2 fully saturated rings. The SMILES string of the molecule is CCCNC(CO)(CN1CCC(N(C)C)CC1)C1CC1. The molecule has 4 heteroatoms. The molecule has 0 radical (unpaired) electrons. The minimum Gasteiger partial charge on any atom is -0.394 e. The molecule has 20 heavy (non-hydrogen) atoms. The molecule has 0 aromatic carbocycles. The standard InChI is InChI=1S/C16H33N3O/c1-4-9-17-16(13-20,14-5-6-14)12-19-10-7-15(8-11-19)18(2)3/h14-15,17,20H,4-13H2,1-3H3. The Balaban J connectivity index is 1.88. The van der Waals surface area contributed by atoms with Crippen molar-refractivity contribution in [3.63, 3.8) is 0 Å². The van der Waals surface area contributed by atoms with Crippen LogP contribution in [0.5, 0.6) is 0 Å². The quantitative estimate of drug-likeness (QED) is 0.701. The monoisotopic (exact) mass is 283 g/mol. The highest BCUT2D eigenvalue weighted by Gasteiger charge is 2.45. The second kappa shape index (κ2) is 7.21. The fraction of sp³-hybridized carbons (Fsp3) is 1.00. The van der Waals surface area contributed by atoms with Crippen LogP contribution >= 0.6 is 0 Å². The second-order valence-electron chi connectivity index (χ2n) is 6.99. The van der Waals surface area contributed by atoms with Crippen LogP contribution in [0.3, 0.4) is 0 Å². The second-order valence-corrected chi connectivity index (χ2v) is 6.99. The lowest BCUT2D eigenvalue weighted by Gasteiger charge is -2.42. The molecule has 2 N–H and O–H groups in total. The highest BCUT2D eigenvalue weighted by molar-refractivity contribution is 5.03. The van der Waals surface area contributed by atoms with Crippen molar-refractivity contribution in [3.8, 4) is 0 Å². The van der Waals surface area contributed by atoms with E-state index in [2.05, 4.69) is 36.1 Å². The van der Waals surface area contributed by atoms with Gasteiger partial charge in [0.1, 0.15) is 0 Å². The van der Waals surface area contributed by atoms with Crippen LogP contribution in [-0.4, -0.2) is 73.4 Å². The first-order valence-electron chi connectivity index (χ1n) is 8.36. The van der Waals surface area contributed by atoms with Crippen LogP contribution in [0.4, 0.5) is 0 Å². The summed E-state index contributed by atoms with van der Waals surface area (Å²) in [5, 5.41) is 13.7. The van der Waals surface area contributed by atoms with Gasteiger partial charge in [0.25, 0.3) is 0 Å². The summed E-state index contributed by atoms with van der Waals surface area (Å²) < 4.78 is 0. The average Bonchev–Trinajstić information content (AvgIpc) is 3.29. The Bertz CT molecular complexity index is 285. The van der Waals surface area contributed by atoms with E-state index in [1.165, 1.54) is 38.8 Å². The highest BCUT2D eigenvalue weighted by Crippen LogP contribution is 2.40. The van der Waals surface area contributed by atoms with Crippen LogP contribution in [0.15, 0.2) is 0 Å². The number of likely N-dealkylation sites (tertiary alicyclic amines) is 1. The van der Waals surface area contributed by atoms with Crippen molar-refractivity contribution in [1.82, 2.24) is 15.1 Å². The molecule has 1 aliphatic heterocycles. The van der Waals surface area contributed by atoms with Crippen molar-refractivity contribution in [2.24, 2.45) is 5.92 Å². The molecule has 0 aromatic heterocycles. The molecule has 0 spiro atoms. The van der Waals surface area contributed by atoms with E-state index in [0.717, 1.165) is 25.6 Å². The van der Waals surface area contributed by atoms with Crippen LogP contribution in [0.25, 0.3) is 0 Å². The maximum Gasteiger partial charge on any atom is 0.0628 e. The normalized spacial score (nSPS) is 25.1. The van der Waals surface area contributed by atoms with Gasteiger partial charge in [-0.2, -0.15) is 0 Å². The minimum absolute atomic E-state index is 0.0407. The van der Waals surface area contributed by atoms with E-state index in [9.17, 15) is 5.11 Å². The van der Waals surface area contributed by atoms with Gasteiger partial charge in [0.2, 0.25) is 0 Å². The Morgan fingerprint density at radius 3 is 2.30 bits per heavy atom. The van der Waals surface area contributed by atoms with Gasteiger partial charge < -0.3 is 20.2 Å². The summed E-state index contributed by atoms with van der Waals surface area (Å²) in [5.41, 5.74) is -0.0407. The molecular formula is C16H33N3O. The number of aliphatic hydroxyl groups is 1. The van der Waals surface area contributed by atoms with Gasteiger partial charge in [-0.05, 0) is 71.8 Å². The van der Waals surface area contributed by atoms with Gasteiger partial charge in [0, 0.05) is 12.6 Å². The van der Waals surface area contributed by atoms with Crippen molar-refractivity contribution in [2.75, 3.05) is 46.9 Å². The first kappa shape index (κ1) is 16.2. The van der Waals surface area contributed by atoms with Crippen LogP contribution in [0.1, 0.15) is 39.0 Å². The Morgan fingerprint density at radius 2 is 1.85 bits per heavy atom. The minimum atomic E-state index is -0.0407. The third kappa shape index (κ3) is 3.94. The van der Waals surface area contributed by atoms with Crippen molar-refractivity contribution >= 4 is 0 Å². The molecule has 1 saturated carbocycles. The summed E-state index contributed by atoms with van der Waals surface area (Å²) >= 11 is 0. The summed E-state index contributed by atoms with van der Waals surface area (Å²) in [7, 11) is 4.37. The fourth-order valence-electron chi connectivity index (χ4n) is 3.57. The van der Waals surface area contributed by atoms with Crippen LogP contribution < -0.4 is 5.32 Å². The fourth-order valence-corrected chi connectivity index (χ4v) is 3.57. The lowest BCUT2D eigenvalue weighted by atomic mass is 9.91. The molecule has 2 aliphatic rings. The summed E-state index contributed by atoms with van der Waals surface area (Å²) in [6, 6.07) is 0.735. The molecule has 1 heterocycles. The smallest absolute Gasteiger partial charge is 0.0628 e. The van der Waals surface area contributed by atoms with Crippen molar-refractivity contribution < 1.29 is 5.11 Å². The first-order valence-corrected chi connectivity index (χ1v) is 8.36. The van der Waals surface area contributed by atoms with Gasteiger partial charge >= 0.3 is 0 Å². The maximum absolute atomic E-state index is 9.99. The molecule has 1 saturated heterocycles. The zero-order valence-corrected chi connectivity index (χ0v) is 13.6. The molecule has 0 amide bonds. The third-order valence-corrected chi connectivity index (χ3v) is 5.16. The van der Waals surface area contributed by atoms with E-state index in [-0.39, 0.29) is 12.1 Å². The van der Waals surface area contributed by atoms with E-state index in [1.54, 1.807) is 0 Å². The summed E-state index contributed by atoms with van der Waals surface area (Å²) in [6.45, 7) is 6.87. The Kier molecular flexibility index (Phi) is 5.84. The van der Waals surface area contributed by atoms with Gasteiger partial charge in [0.15, 0.2) is 0 Å². The summed E-state index contributed by atoms with van der Waals surface area (Å²) in [5.74, 6) is 0.686. The van der Waals surface area contributed by atoms with Crippen LogP contribution in [-0.2, 0) is 0 Å². The average molecular weight is 283 g/mol. The number of aliphatic hydroxyl groups excluding tert-OH is 1. The van der Waals surface area contributed by atoms with Gasteiger partial charge in [-0.15, -0.1) is 0 Å². The molecule has 2 rings (SSSR count). The first-order chi connectivity index (χ1) is 9.61. The molecule has 4 nitrogen and oxygen atoms in total. The number of nitrogens with one attached hydrogen (secondary N) is 1. The lowest BCUT2D eigenvalue weighted by molar-refractivity contribution is 0.0660. The van der Waals surface area contributed by atoms with Crippen molar-refractivity contribution in [1.29, 1.82) is 0 Å². The van der Waals surface area contributed by atoms with Crippen molar-refractivity contribution in [2.45, 2.75) is 50.6 Å². The largest absolute Gasteiger partial charge is 0.394 e. The zero-order chi connectivity index (χ0) is 14.6. The van der Waals surface area contributed by atoms with Crippen LogP contribution in [0.2, 0.25) is 0 Å². The highest BCUT2D eigenvalue weighted by atomic mass is 16.3. The predicted octanol–water partition coefficient (Wildman–Crippen LogP) is 1.15. The van der Waals surface area contributed by atoms with E-state index >= 15 is 0 Å². The maximum atomic E-state index is 9.99. The molecule has 118 valence electrons.